The molecule has 1 aliphatic rings. The lowest BCUT2D eigenvalue weighted by atomic mass is 9.93. The molecule has 0 saturated heterocycles. The Morgan fingerprint density at radius 2 is 2.00 bits per heavy atom. The predicted octanol–water partition coefficient (Wildman–Crippen LogP) is 2.33. The van der Waals surface area contributed by atoms with Crippen molar-refractivity contribution in [2.75, 3.05) is 13.7 Å². The summed E-state index contributed by atoms with van der Waals surface area (Å²) in [5.41, 5.74) is 0.148. The van der Waals surface area contributed by atoms with Gasteiger partial charge in [0.05, 0.1) is 19.1 Å². The second-order valence-electron chi connectivity index (χ2n) is 4.67. The van der Waals surface area contributed by atoms with Crippen molar-refractivity contribution >= 4 is 23.5 Å². The molecule has 0 radical (unpaired) electrons. The van der Waals surface area contributed by atoms with Crippen LogP contribution in [-0.2, 0) is 24.5 Å². The number of carbonyl (C=O) groups excluding carboxylic acids is 2. The average molecular weight is 283 g/mol. The van der Waals surface area contributed by atoms with E-state index in [2.05, 4.69) is 0 Å². The molecule has 0 heterocycles. The summed E-state index contributed by atoms with van der Waals surface area (Å²) >= 11 is 5.85. The van der Waals surface area contributed by atoms with E-state index in [1.807, 2.05) is 12.1 Å². The average Bonchev–Trinajstić information content (AvgIpc) is 3.12. The van der Waals surface area contributed by atoms with Crippen LogP contribution < -0.4 is 0 Å². The van der Waals surface area contributed by atoms with Crippen LogP contribution in [0.25, 0.3) is 0 Å². The van der Waals surface area contributed by atoms with E-state index in [1.54, 1.807) is 12.1 Å². The van der Waals surface area contributed by atoms with E-state index in [9.17, 15) is 9.59 Å². The van der Waals surface area contributed by atoms with Crippen molar-refractivity contribution < 1.29 is 19.1 Å². The molecule has 5 heteroatoms. The van der Waals surface area contributed by atoms with Gasteiger partial charge in [0.25, 0.3) is 0 Å². The summed E-state index contributed by atoms with van der Waals surface area (Å²) in [6, 6.07) is 7.10. The Balaban J connectivity index is 2.21. The van der Waals surface area contributed by atoms with Crippen molar-refractivity contribution in [1.82, 2.24) is 0 Å². The highest BCUT2D eigenvalue weighted by molar-refractivity contribution is 6.30. The lowest BCUT2D eigenvalue weighted by Gasteiger charge is -2.15. The number of ether oxygens (including phenoxy) is 2. The Morgan fingerprint density at radius 1 is 1.37 bits per heavy atom. The summed E-state index contributed by atoms with van der Waals surface area (Å²) in [6.07, 6.45) is 0.620. The van der Waals surface area contributed by atoms with E-state index < -0.39 is 5.41 Å². The molecule has 102 valence electrons. The van der Waals surface area contributed by atoms with Crippen LogP contribution in [0.2, 0.25) is 5.02 Å². The van der Waals surface area contributed by atoms with Crippen LogP contribution in [0.15, 0.2) is 24.3 Å². The molecule has 2 unspecified atom stereocenters. The van der Waals surface area contributed by atoms with Crippen LogP contribution in [-0.4, -0.2) is 25.7 Å². The molecule has 2 atom stereocenters. The molecule has 1 aliphatic carbocycles. The van der Waals surface area contributed by atoms with Crippen molar-refractivity contribution in [3.05, 3.63) is 34.9 Å². The largest absolute Gasteiger partial charge is 0.468 e. The zero-order valence-corrected chi connectivity index (χ0v) is 11.6. The molecular weight excluding hydrogens is 268 g/mol. The van der Waals surface area contributed by atoms with E-state index in [-0.39, 0.29) is 24.5 Å². The molecule has 1 fully saturated rings. The third-order valence-electron chi connectivity index (χ3n) is 3.50. The SMILES string of the molecule is COC(=O)C1(c2ccc(Cl)cc2)CC1COC(C)=O. The fourth-order valence-corrected chi connectivity index (χ4v) is 2.53. The number of esters is 2. The van der Waals surface area contributed by atoms with Gasteiger partial charge in [-0.25, -0.2) is 0 Å². The highest BCUT2D eigenvalue weighted by Gasteiger charge is 2.62. The van der Waals surface area contributed by atoms with Gasteiger partial charge >= 0.3 is 11.9 Å². The molecule has 1 aromatic carbocycles. The summed E-state index contributed by atoms with van der Waals surface area (Å²) in [6.45, 7) is 1.58. The fourth-order valence-electron chi connectivity index (χ4n) is 2.40. The first-order valence-corrected chi connectivity index (χ1v) is 6.36. The van der Waals surface area contributed by atoms with E-state index in [0.29, 0.717) is 11.4 Å². The zero-order valence-electron chi connectivity index (χ0n) is 10.8. The van der Waals surface area contributed by atoms with Gasteiger partial charge in [-0.05, 0) is 24.1 Å². The maximum absolute atomic E-state index is 12.0. The second-order valence-corrected chi connectivity index (χ2v) is 5.11. The smallest absolute Gasteiger partial charge is 0.316 e. The quantitative estimate of drug-likeness (QED) is 0.796. The predicted molar refractivity (Wildman–Crippen MR) is 69.9 cm³/mol. The molecule has 0 N–H and O–H groups in total. The Bertz CT molecular complexity index is 497. The van der Waals surface area contributed by atoms with Gasteiger partial charge in [-0.15, -0.1) is 0 Å². The molecule has 1 aromatic rings. The number of hydrogen-bond donors (Lipinski definition) is 0. The highest BCUT2D eigenvalue weighted by Crippen LogP contribution is 2.55. The van der Waals surface area contributed by atoms with Crippen molar-refractivity contribution in [1.29, 1.82) is 0 Å². The summed E-state index contributed by atoms with van der Waals surface area (Å²) in [5.74, 6) is -0.682. The Hall–Kier alpha value is -1.55. The molecule has 1 saturated carbocycles. The van der Waals surface area contributed by atoms with Crippen molar-refractivity contribution in [3.63, 3.8) is 0 Å². The third kappa shape index (κ3) is 2.59. The number of methoxy groups -OCH3 is 1. The van der Waals surface area contributed by atoms with Crippen molar-refractivity contribution in [2.45, 2.75) is 18.8 Å². The molecule has 4 nitrogen and oxygen atoms in total. The Labute approximate surface area is 116 Å². The van der Waals surface area contributed by atoms with Crippen molar-refractivity contribution in [3.8, 4) is 0 Å². The van der Waals surface area contributed by atoms with Gasteiger partial charge in [-0.3, -0.25) is 9.59 Å². The summed E-state index contributed by atoms with van der Waals surface area (Å²) < 4.78 is 9.88. The summed E-state index contributed by atoms with van der Waals surface area (Å²) in [5, 5.41) is 0.612. The molecule has 0 aliphatic heterocycles. The van der Waals surface area contributed by atoms with Crippen LogP contribution >= 0.6 is 11.6 Å². The van der Waals surface area contributed by atoms with Crippen LogP contribution in [0.5, 0.6) is 0 Å². The van der Waals surface area contributed by atoms with Gasteiger partial charge in [0.15, 0.2) is 0 Å². The van der Waals surface area contributed by atoms with E-state index >= 15 is 0 Å². The minimum absolute atomic E-state index is 0.0370. The van der Waals surface area contributed by atoms with E-state index in [0.717, 1.165) is 5.56 Å². The first kappa shape index (κ1) is 13.9. The minimum atomic E-state index is -0.700. The second kappa shape index (κ2) is 5.21. The van der Waals surface area contributed by atoms with Gasteiger partial charge in [-0.2, -0.15) is 0 Å². The normalized spacial score (nSPS) is 24.7. The van der Waals surface area contributed by atoms with Crippen LogP contribution in [0.4, 0.5) is 0 Å². The maximum Gasteiger partial charge on any atom is 0.316 e. The molecule has 2 rings (SSSR count). The van der Waals surface area contributed by atoms with Gasteiger partial charge in [0, 0.05) is 17.9 Å². The Kier molecular flexibility index (Phi) is 3.80. The lowest BCUT2D eigenvalue weighted by Crippen LogP contribution is -2.26. The van der Waals surface area contributed by atoms with Crippen LogP contribution in [0.3, 0.4) is 0 Å². The molecule has 0 aromatic heterocycles. The lowest BCUT2D eigenvalue weighted by molar-refractivity contribution is -0.146. The number of carbonyl (C=O) groups is 2. The van der Waals surface area contributed by atoms with Crippen molar-refractivity contribution in [2.24, 2.45) is 5.92 Å². The fraction of sp³-hybridized carbons (Fsp3) is 0.429. The summed E-state index contributed by atoms with van der Waals surface area (Å²) in [7, 11) is 1.36. The topological polar surface area (TPSA) is 52.6 Å². The maximum atomic E-state index is 12.0. The number of rotatable bonds is 4. The van der Waals surface area contributed by atoms with Crippen LogP contribution in [0.1, 0.15) is 18.9 Å². The molecule has 19 heavy (non-hydrogen) atoms. The van der Waals surface area contributed by atoms with Gasteiger partial charge in [0.1, 0.15) is 0 Å². The number of halogens is 1. The first-order valence-electron chi connectivity index (χ1n) is 5.98. The summed E-state index contributed by atoms with van der Waals surface area (Å²) in [4.78, 5) is 22.9. The van der Waals surface area contributed by atoms with E-state index in [1.165, 1.54) is 14.0 Å². The minimum Gasteiger partial charge on any atom is -0.468 e. The monoisotopic (exact) mass is 282 g/mol. The third-order valence-corrected chi connectivity index (χ3v) is 3.75. The van der Waals surface area contributed by atoms with Gasteiger partial charge in [0.2, 0.25) is 0 Å². The highest BCUT2D eigenvalue weighted by atomic mass is 35.5. The standard InChI is InChI=1S/C14H15ClO4/c1-9(16)19-8-11-7-14(11,13(17)18-2)10-3-5-12(15)6-4-10/h3-6,11H,7-8H2,1-2H3. The first-order chi connectivity index (χ1) is 9.00. The Morgan fingerprint density at radius 3 is 2.53 bits per heavy atom. The molecule has 0 amide bonds. The van der Waals surface area contributed by atoms with Gasteiger partial charge in [-0.1, -0.05) is 23.7 Å². The van der Waals surface area contributed by atoms with Crippen LogP contribution in [0, 0.1) is 5.92 Å². The number of hydrogen-bond acceptors (Lipinski definition) is 4. The van der Waals surface area contributed by atoms with E-state index in [4.69, 9.17) is 21.1 Å². The number of benzene rings is 1. The van der Waals surface area contributed by atoms with Gasteiger partial charge < -0.3 is 9.47 Å². The zero-order chi connectivity index (χ0) is 14.0. The molecule has 0 bridgehead atoms. The molecular formula is C14H15ClO4. The molecule has 0 spiro atoms.